The molecule has 3 rings (SSSR count). The van der Waals surface area contributed by atoms with Gasteiger partial charge < -0.3 is 4.74 Å². The first-order chi connectivity index (χ1) is 15.3. The molecule has 6 nitrogen and oxygen atoms in total. The zero-order chi connectivity index (χ0) is 23.1. The van der Waals surface area contributed by atoms with Crippen molar-refractivity contribution in [3.8, 4) is 5.75 Å². The first-order valence-electron chi connectivity index (χ1n) is 9.43. The Morgan fingerprint density at radius 3 is 2.56 bits per heavy atom. The van der Waals surface area contributed by atoms with Gasteiger partial charge in [0.2, 0.25) is 0 Å². The molecule has 2 aromatic carbocycles. The second-order valence-corrected chi connectivity index (χ2v) is 8.95. The summed E-state index contributed by atoms with van der Waals surface area (Å²) < 4.78 is 19.4. The number of aromatic nitrogens is 2. The van der Waals surface area contributed by atoms with Gasteiger partial charge in [-0.05, 0) is 71.2 Å². The number of ether oxygens (including phenoxy) is 1. The molecule has 0 aliphatic carbocycles. The van der Waals surface area contributed by atoms with Gasteiger partial charge in [0.15, 0.2) is 10.9 Å². The lowest BCUT2D eigenvalue weighted by atomic mass is 10.2. The second kappa shape index (κ2) is 11.4. The summed E-state index contributed by atoms with van der Waals surface area (Å²) in [6.07, 6.45) is 1.48. The number of nitrogens with one attached hydrogen (secondary N) is 1. The predicted octanol–water partition coefficient (Wildman–Crippen LogP) is 5.47. The third kappa shape index (κ3) is 7.29. The fourth-order valence-electron chi connectivity index (χ4n) is 2.63. The zero-order valence-corrected chi connectivity index (χ0v) is 20.4. The van der Waals surface area contributed by atoms with E-state index in [9.17, 15) is 9.18 Å². The second-order valence-electron chi connectivity index (χ2n) is 6.74. The minimum atomic E-state index is -0.305. The van der Waals surface area contributed by atoms with Gasteiger partial charge in [-0.25, -0.2) is 19.8 Å². The summed E-state index contributed by atoms with van der Waals surface area (Å²) in [6, 6.07) is 11.3. The molecule has 0 saturated carbocycles. The monoisotopic (exact) mass is 536 g/mol. The maximum absolute atomic E-state index is 13.0. The SMILES string of the molecule is Cc1cc(C)nc(SCC(=O)N/N=C\c2cc(Cl)c(OCc3ccc(F)cc3)c(Br)c2)n1. The van der Waals surface area contributed by atoms with Crippen LogP contribution in [0.5, 0.6) is 5.75 Å². The minimum Gasteiger partial charge on any atom is -0.486 e. The molecule has 0 saturated heterocycles. The van der Waals surface area contributed by atoms with E-state index in [-0.39, 0.29) is 24.1 Å². The Bertz CT molecular complexity index is 1100. The third-order valence-corrected chi connectivity index (χ3v) is 5.73. The van der Waals surface area contributed by atoms with Gasteiger partial charge in [0.05, 0.1) is 21.5 Å². The highest BCUT2D eigenvalue weighted by Gasteiger charge is 2.10. The fourth-order valence-corrected chi connectivity index (χ4v) is 4.36. The molecule has 1 N–H and O–H groups in total. The molecule has 1 aromatic heterocycles. The van der Waals surface area contributed by atoms with Crippen LogP contribution in [-0.4, -0.2) is 27.8 Å². The van der Waals surface area contributed by atoms with E-state index in [4.69, 9.17) is 16.3 Å². The molecule has 166 valence electrons. The number of rotatable bonds is 8. The molecule has 0 bridgehead atoms. The zero-order valence-electron chi connectivity index (χ0n) is 17.2. The van der Waals surface area contributed by atoms with E-state index in [0.717, 1.165) is 17.0 Å². The van der Waals surface area contributed by atoms with Crippen LogP contribution in [0.25, 0.3) is 0 Å². The Balaban J connectivity index is 1.53. The Morgan fingerprint density at radius 1 is 1.22 bits per heavy atom. The Kier molecular flexibility index (Phi) is 8.60. The molecule has 0 radical (unpaired) electrons. The molecular weight excluding hydrogens is 519 g/mol. The van der Waals surface area contributed by atoms with Gasteiger partial charge in [0.25, 0.3) is 5.91 Å². The van der Waals surface area contributed by atoms with Crippen molar-refractivity contribution in [3.05, 3.63) is 80.3 Å². The van der Waals surface area contributed by atoms with Crippen LogP contribution >= 0.6 is 39.3 Å². The lowest BCUT2D eigenvalue weighted by Gasteiger charge is -2.11. The van der Waals surface area contributed by atoms with E-state index in [1.165, 1.54) is 30.1 Å². The number of carbonyl (C=O) groups excluding carboxylic acids is 1. The molecule has 10 heteroatoms. The molecule has 1 heterocycles. The number of aryl methyl sites for hydroxylation is 2. The maximum atomic E-state index is 13.0. The van der Waals surface area contributed by atoms with Crippen molar-refractivity contribution in [1.82, 2.24) is 15.4 Å². The molecule has 3 aromatic rings. The summed E-state index contributed by atoms with van der Waals surface area (Å²) in [5.41, 5.74) is 5.65. The van der Waals surface area contributed by atoms with Gasteiger partial charge in [0.1, 0.15) is 12.4 Å². The number of nitrogens with zero attached hydrogens (tertiary/aromatic N) is 3. The first-order valence-corrected chi connectivity index (χ1v) is 11.6. The number of hydrogen-bond donors (Lipinski definition) is 1. The van der Waals surface area contributed by atoms with Crippen molar-refractivity contribution in [2.75, 3.05) is 5.75 Å². The standard InChI is InChI=1S/C22H19BrClFN4O2S/c1-13-7-14(2)28-22(27-13)32-12-20(30)29-26-10-16-8-18(23)21(19(24)9-16)31-11-15-3-5-17(25)6-4-15/h3-10H,11-12H2,1-2H3,(H,29,30)/b26-10-. The van der Waals surface area contributed by atoms with Crippen LogP contribution in [0.2, 0.25) is 5.02 Å². The van der Waals surface area contributed by atoms with Crippen LogP contribution in [0.3, 0.4) is 0 Å². The highest BCUT2D eigenvalue weighted by Crippen LogP contribution is 2.34. The number of benzene rings is 2. The lowest BCUT2D eigenvalue weighted by Crippen LogP contribution is -2.19. The number of carbonyl (C=O) groups is 1. The van der Waals surface area contributed by atoms with Crippen molar-refractivity contribution in [2.45, 2.75) is 25.6 Å². The maximum Gasteiger partial charge on any atom is 0.250 e. The summed E-state index contributed by atoms with van der Waals surface area (Å²) in [6.45, 7) is 4.00. The Morgan fingerprint density at radius 2 is 1.91 bits per heavy atom. The molecule has 0 atom stereocenters. The molecule has 0 aliphatic rings. The average molecular weight is 538 g/mol. The van der Waals surface area contributed by atoms with E-state index in [0.29, 0.717) is 26.0 Å². The summed E-state index contributed by atoms with van der Waals surface area (Å²) in [4.78, 5) is 20.6. The van der Waals surface area contributed by atoms with Crippen molar-refractivity contribution < 1.29 is 13.9 Å². The molecule has 1 amide bonds. The molecule has 0 spiro atoms. The molecule has 32 heavy (non-hydrogen) atoms. The Labute approximate surface area is 202 Å². The van der Waals surface area contributed by atoms with Gasteiger partial charge in [-0.2, -0.15) is 5.10 Å². The van der Waals surface area contributed by atoms with Gasteiger partial charge in [-0.15, -0.1) is 0 Å². The van der Waals surface area contributed by atoms with Crippen molar-refractivity contribution >= 4 is 51.4 Å². The summed E-state index contributed by atoms with van der Waals surface area (Å²) >= 11 is 11.0. The number of hydrazone groups is 1. The average Bonchev–Trinajstić information content (AvgIpc) is 2.72. The van der Waals surface area contributed by atoms with Gasteiger partial charge in [0, 0.05) is 11.4 Å². The van der Waals surface area contributed by atoms with Crippen molar-refractivity contribution in [2.24, 2.45) is 5.10 Å². The highest BCUT2D eigenvalue weighted by atomic mass is 79.9. The molecular formula is C22H19BrClFN4O2S. The Hall–Kier alpha value is -2.49. The third-order valence-electron chi connectivity index (χ3n) is 4.01. The molecule has 0 fully saturated rings. The van der Waals surface area contributed by atoms with E-state index < -0.39 is 0 Å². The van der Waals surface area contributed by atoms with Crippen LogP contribution in [0.1, 0.15) is 22.5 Å². The normalized spacial score (nSPS) is 11.0. The van der Waals surface area contributed by atoms with E-state index in [1.807, 2.05) is 19.9 Å². The largest absolute Gasteiger partial charge is 0.486 e. The van der Waals surface area contributed by atoms with Crippen molar-refractivity contribution in [3.63, 3.8) is 0 Å². The number of hydrogen-bond acceptors (Lipinski definition) is 6. The fraction of sp³-hybridized carbons (Fsp3) is 0.182. The van der Waals surface area contributed by atoms with Crippen LogP contribution in [-0.2, 0) is 11.4 Å². The van der Waals surface area contributed by atoms with Crippen LogP contribution < -0.4 is 10.2 Å². The summed E-state index contributed by atoms with van der Waals surface area (Å²) in [7, 11) is 0. The lowest BCUT2D eigenvalue weighted by molar-refractivity contribution is -0.118. The highest BCUT2D eigenvalue weighted by molar-refractivity contribution is 9.10. The molecule has 0 aliphatic heterocycles. The summed E-state index contributed by atoms with van der Waals surface area (Å²) in [5, 5.41) is 4.89. The topological polar surface area (TPSA) is 76.5 Å². The van der Waals surface area contributed by atoms with Crippen LogP contribution in [0.4, 0.5) is 4.39 Å². The smallest absolute Gasteiger partial charge is 0.250 e. The van der Waals surface area contributed by atoms with Crippen molar-refractivity contribution in [1.29, 1.82) is 0 Å². The minimum absolute atomic E-state index is 0.140. The van der Waals surface area contributed by atoms with Gasteiger partial charge >= 0.3 is 0 Å². The van der Waals surface area contributed by atoms with E-state index in [1.54, 1.807) is 24.3 Å². The number of halogens is 3. The van der Waals surface area contributed by atoms with E-state index >= 15 is 0 Å². The van der Waals surface area contributed by atoms with Crippen LogP contribution in [0.15, 0.2) is 57.2 Å². The number of thioether (sulfide) groups is 1. The molecule has 0 unspecified atom stereocenters. The quantitative estimate of drug-likeness (QED) is 0.178. The first kappa shape index (κ1) is 24.2. The van der Waals surface area contributed by atoms with Crippen LogP contribution in [0, 0.1) is 19.7 Å². The number of amides is 1. The van der Waals surface area contributed by atoms with E-state index in [2.05, 4.69) is 36.4 Å². The summed E-state index contributed by atoms with van der Waals surface area (Å²) in [5.74, 6) is 0.0160. The predicted molar refractivity (Wildman–Crippen MR) is 128 cm³/mol. The van der Waals surface area contributed by atoms with Gasteiger partial charge in [-0.1, -0.05) is 35.5 Å². The van der Waals surface area contributed by atoms with Gasteiger partial charge in [-0.3, -0.25) is 4.79 Å².